The van der Waals surface area contributed by atoms with E-state index >= 15 is 0 Å². The molecule has 0 spiro atoms. The van der Waals surface area contributed by atoms with Crippen molar-refractivity contribution in [2.45, 2.75) is 19.0 Å². The standard InChI is InChI=1S/C22H24ClN3O2/c1-25-20(23)13-24-21(25)14-26-10-9-16-11-18(27-2)19(28-3)12-17(16)22(26)15-7-5-4-6-8-15/h4-8,11-13,22H,9-10,14H2,1-3H3/t22-/m1/s1. The number of ether oxygens (including phenoxy) is 2. The van der Waals surface area contributed by atoms with E-state index in [1.54, 1.807) is 20.4 Å². The fraction of sp³-hybridized carbons (Fsp3) is 0.318. The number of hydrogen-bond acceptors (Lipinski definition) is 4. The molecule has 1 aliphatic heterocycles. The average Bonchev–Trinajstić information content (AvgIpc) is 3.05. The first kappa shape index (κ1) is 18.8. The summed E-state index contributed by atoms with van der Waals surface area (Å²) in [6.45, 7) is 1.64. The molecule has 2 heterocycles. The Hall–Kier alpha value is -2.50. The Morgan fingerprint density at radius 2 is 1.82 bits per heavy atom. The van der Waals surface area contributed by atoms with Gasteiger partial charge < -0.3 is 14.0 Å². The highest BCUT2D eigenvalue weighted by Gasteiger charge is 2.31. The number of rotatable bonds is 5. The average molecular weight is 398 g/mol. The van der Waals surface area contributed by atoms with Crippen molar-refractivity contribution < 1.29 is 9.47 Å². The summed E-state index contributed by atoms with van der Waals surface area (Å²) in [4.78, 5) is 6.95. The molecule has 0 saturated heterocycles. The second kappa shape index (κ2) is 7.86. The zero-order chi connectivity index (χ0) is 19.7. The van der Waals surface area contributed by atoms with E-state index in [9.17, 15) is 0 Å². The highest BCUT2D eigenvalue weighted by atomic mass is 35.5. The van der Waals surface area contributed by atoms with Gasteiger partial charge in [-0.3, -0.25) is 4.90 Å². The molecule has 0 fully saturated rings. The van der Waals surface area contributed by atoms with Crippen LogP contribution >= 0.6 is 11.6 Å². The molecular formula is C22H24ClN3O2. The first-order chi connectivity index (χ1) is 13.6. The van der Waals surface area contributed by atoms with Gasteiger partial charge in [0.05, 0.1) is 33.0 Å². The number of imidazole rings is 1. The van der Waals surface area contributed by atoms with Crippen molar-refractivity contribution in [1.82, 2.24) is 14.5 Å². The number of halogens is 1. The van der Waals surface area contributed by atoms with E-state index in [0.29, 0.717) is 5.15 Å². The van der Waals surface area contributed by atoms with E-state index in [0.717, 1.165) is 36.8 Å². The van der Waals surface area contributed by atoms with Crippen LogP contribution < -0.4 is 9.47 Å². The molecule has 1 aromatic heterocycles. The molecule has 0 bridgehead atoms. The normalized spacial score (nSPS) is 16.6. The van der Waals surface area contributed by atoms with Crippen molar-refractivity contribution in [1.29, 1.82) is 0 Å². The maximum atomic E-state index is 6.21. The van der Waals surface area contributed by atoms with E-state index in [4.69, 9.17) is 21.1 Å². The van der Waals surface area contributed by atoms with E-state index in [-0.39, 0.29) is 6.04 Å². The molecule has 0 aliphatic carbocycles. The molecule has 6 heteroatoms. The molecule has 0 unspecified atom stereocenters. The van der Waals surface area contributed by atoms with Crippen molar-refractivity contribution >= 4 is 11.6 Å². The van der Waals surface area contributed by atoms with Gasteiger partial charge in [-0.2, -0.15) is 0 Å². The zero-order valence-corrected chi connectivity index (χ0v) is 17.1. The van der Waals surface area contributed by atoms with Crippen LogP contribution in [0.4, 0.5) is 0 Å². The summed E-state index contributed by atoms with van der Waals surface area (Å²) in [5.74, 6) is 2.48. The minimum Gasteiger partial charge on any atom is -0.493 e. The number of nitrogens with zero attached hydrogens (tertiary/aromatic N) is 3. The van der Waals surface area contributed by atoms with Gasteiger partial charge in [0.2, 0.25) is 0 Å². The summed E-state index contributed by atoms with van der Waals surface area (Å²) in [6, 6.07) is 14.9. The number of fused-ring (bicyclic) bond motifs is 1. The lowest BCUT2D eigenvalue weighted by Crippen LogP contribution is -2.36. The van der Waals surface area contributed by atoms with Crippen LogP contribution in [0.25, 0.3) is 0 Å². The summed E-state index contributed by atoms with van der Waals surface area (Å²) >= 11 is 6.21. The van der Waals surface area contributed by atoms with Gasteiger partial charge in [0.1, 0.15) is 11.0 Å². The highest BCUT2D eigenvalue weighted by Crippen LogP contribution is 2.41. The molecule has 28 heavy (non-hydrogen) atoms. The van der Waals surface area contributed by atoms with E-state index in [1.807, 2.05) is 17.7 Å². The molecule has 0 radical (unpaired) electrons. The van der Waals surface area contributed by atoms with Gasteiger partial charge in [0, 0.05) is 13.6 Å². The fourth-order valence-corrected chi connectivity index (χ4v) is 4.09. The van der Waals surface area contributed by atoms with Gasteiger partial charge in [0.25, 0.3) is 0 Å². The van der Waals surface area contributed by atoms with Crippen molar-refractivity contribution in [3.05, 3.63) is 76.3 Å². The summed E-state index contributed by atoms with van der Waals surface area (Å²) in [6.07, 6.45) is 2.65. The molecule has 1 atom stereocenters. The molecule has 4 rings (SSSR count). The van der Waals surface area contributed by atoms with Gasteiger partial charge >= 0.3 is 0 Å². The Morgan fingerprint density at radius 3 is 2.46 bits per heavy atom. The first-order valence-corrected chi connectivity index (χ1v) is 9.70. The van der Waals surface area contributed by atoms with Gasteiger partial charge in [-0.25, -0.2) is 4.98 Å². The van der Waals surface area contributed by atoms with Crippen LogP contribution in [0.3, 0.4) is 0 Å². The quantitative estimate of drug-likeness (QED) is 0.645. The first-order valence-electron chi connectivity index (χ1n) is 9.32. The molecule has 1 aliphatic rings. The van der Waals surface area contributed by atoms with E-state index in [2.05, 4.69) is 46.3 Å². The summed E-state index contributed by atoms with van der Waals surface area (Å²) in [5.41, 5.74) is 3.78. The summed E-state index contributed by atoms with van der Waals surface area (Å²) in [5, 5.41) is 0.648. The lowest BCUT2D eigenvalue weighted by Gasteiger charge is -2.38. The Balaban J connectivity index is 1.79. The lowest BCUT2D eigenvalue weighted by molar-refractivity contribution is 0.196. The molecule has 2 aromatic carbocycles. The van der Waals surface area contributed by atoms with Crippen LogP contribution in [0, 0.1) is 0 Å². The molecule has 3 aromatic rings. The van der Waals surface area contributed by atoms with Gasteiger partial charge in [0.15, 0.2) is 11.5 Å². The Labute approximate surface area is 170 Å². The fourth-order valence-electron chi connectivity index (χ4n) is 3.95. The van der Waals surface area contributed by atoms with Crippen LogP contribution in [-0.2, 0) is 20.0 Å². The van der Waals surface area contributed by atoms with Crippen LogP contribution in [0.2, 0.25) is 5.15 Å². The van der Waals surface area contributed by atoms with Gasteiger partial charge in [-0.1, -0.05) is 41.9 Å². The molecule has 0 saturated carbocycles. The van der Waals surface area contributed by atoms with Crippen molar-refractivity contribution in [3.63, 3.8) is 0 Å². The number of methoxy groups -OCH3 is 2. The minimum absolute atomic E-state index is 0.111. The monoisotopic (exact) mass is 397 g/mol. The molecule has 146 valence electrons. The topological polar surface area (TPSA) is 39.5 Å². The summed E-state index contributed by atoms with van der Waals surface area (Å²) < 4.78 is 13.0. The third kappa shape index (κ3) is 3.36. The van der Waals surface area contributed by atoms with Crippen molar-refractivity contribution in [2.24, 2.45) is 7.05 Å². The molecule has 0 N–H and O–H groups in total. The third-order valence-corrected chi connectivity index (χ3v) is 5.81. The van der Waals surface area contributed by atoms with Crippen LogP contribution in [0.15, 0.2) is 48.7 Å². The Morgan fingerprint density at radius 1 is 1.11 bits per heavy atom. The number of aromatic nitrogens is 2. The van der Waals surface area contributed by atoms with Crippen LogP contribution in [0.1, 0.15) is 28.6 Å². The number of hydrogen-bond donors (Lipinski definition) is 0. The predicted molar refractivity (Wildman–Crippen MR) is 110 cm³/mol. The predicted octanol–water partition coefficient (Wildman–Crippen LogP) is 4.24. The molecule has 0 amide bonds. The third-order valence-electron chi connectivity index (χ3n) is 5.46. The Bertz CT molecular complexity index is 971. The van der Waals surface area contributed by atoms with Gasteiger partial charge in [-0.05, 0) is 35.2 Å². The largest absolute Gasteiger partial charge is 0.493 e. The molecule has 5 nitrogen and oxygen atoms in total. The molecular weight excluding hydrogens is 374 g/mol. The summed E-state index contributed by atoms with van der Waals surface area (Å²) in [7, 11) is 5.31. The van der Waals surface area contributed by atoms with Crippen molar-refractivity contribution in [3.8, 4) is 11.5 Å². The second-order valence-corrected chi connectivity index (χ2v) is 7.38. The lowest BCUT2D eigenvalue weighted by atomic mass is 9.87. The number of benzene rings is 2. The maximum absolute atomic E-state index is 6.21. The maximum Gasteiger partial charge on any atom is 0.161 e. The Kier molecular flexibility index (Phi) is 5.29. The van der Waals surface area contributed by atoms with E-state index < -0.39 is 0 Å². The van der Waals surface area contributed by atoms with Gasteiger partial charge in [-0.15, -0.1) is 0 Å². The SMILES string of the molecule is COc1cc2c(cc1OC)[C@@H](c1ccccc1)N(Cc1ncc(Cl)n1C)CC2. The highest BCUT2D eigenvalue weighted by molar-refractivity contribution is 6.29. The smallest absolute Gasteiger partial charge is 0.161 e. The minimum atomic E-state index is 0.111. The second-order valence-electron chi connectivity index (χ2n) is 7.00. The van der Waals surface area contributed by atoms with Crippen LogP contribution in [-0.4, -0.2) is 35.2 Å². The van der Waals surface area contributed by atoms with E-state index in [1.165, 1.54) is 16.7 Å². The zero-order valence-electron chi connectivity index (χ0n) is 16.4. The van der Waals surface area contributed by atoms with Crippen LogP contribution in [0.5, 0.6) is 11.5 Å². The van der Waals surface area contributed by atoms with Crippen molar-refractivity contribution in [2.75, 3.05) is 20.8 Å².